The molecule has 2 fully saturated rings. The van der Waals surface area contributed by atoms with Crippen molar-refractivity contribution in [3.05, 3.63) is 30.2 Å². The summed E-state index contributed by atoms with van der Waals surface area (Å²) in [5.74, 6) is 1.56. The van der Waals surface area contributed by atoms with Crippen molar-refractivity contribution in [3.63, 3.8) is 0 Å². The number of nitrogens with zero attached hydrogens (tertiary/aromatic N) is 5. The molecule has 0 aromatic carbocycles. The fourth-order valence-corrected chi connectivity index (χ4v) is 4.07. The minimum absolute atomic E-state index is 0.00187. The van der Waals surface area contributed by atoms with Crippen LogP contribution in [0.25, 0.3) is 5.65 Å². The van der Waals surface area contributed by atoms with Gasteiger partial charge in [0.25, 0.3) is 5.24 Å². The Balaban J connectivity index is 1.56. The minimum atomic E-state index is -0.0646. The standard InChI is InChI=1S/C15H17N5O2S/c21-13(10-18-8-9-23-15(18)22)19-7-3-4-11(19)14-17-16-12-5-1-2-6-20(12)14/h1-2,5-6,11H,3-4,7-10H2/t11-/m0/s1. The molecule has 2 saturated heterocycles. The van der Waals surface area contributed by atoms with E-state index >= 15 is 0 Å². The number of fused-ring (bicyclic) bond motifs is 1. The van der Waals surface area contributed by atoms with Crippen molar-refractivity contribution in [2.75, 3.05) is 25.4 Å². The largest absolute Gasteiger partial charge is 0.331 e. The van der Waals surface area contributed by atoms with Crippen LogP contribution in [-0.2, 0) is 4.79 Å². The van der Waals surface area contributed by atoms with Crippen LogP contribution in [0.4, 0.5) is 4.79 Å². The second-order valence-corrected chi connectivity index (χ2v) is 6.81. The Morgan fingerprint density at radius 2 is 2.22 bits per heavy atom. The van der Waals surface area contributed by atoms with E-state index in [0.29, 0.717) is 13.1 Å². The van der Waals surface area contributed by atoms with Gasteiger partial charge in [0.15, 0.2) is 11.5 Å². The van der Waals surface area contributed by atoms with E-state index in [4.69, 9.17) is 0 Å². The molecular weight excluding hydrogens is 314 g/mol. The molecule has 4 rings (SSSR count). The van der Waals surface area contributed by atoms with E-state index < -0.39 is 0 Å². The summed E-state index contributed by atoms with van der Waals surface area (Å²) < 4.78 is 1.94. The van der Waals surface area contributed by atoms with Gasteiger partial charge in [-0.1, -0.05) is 17.8 Å². The molecule has 0 saturated carbocycles. The lowest BCUT2D eigenvalue weighted by Crippen LogP contribution is -2.40. The van der Waals surface area contributed by atoms with Crippen LogP contribution in [0.2, 0.25) is 0 Å². The van der Waals surface area contributed by atoms with Gasteiger partial charge >= 0.3 is 0 Å². The van der Waals surface area contributed by atoms with Crippen LogP contribution in [0.3, 0.4) is 0 Å². The Hall–Kier alpha value is -2.09. The molecule has 0 N–H and O–H groups in total. The molecule has 4 heterocycles. The van der Waals surface area contributed by atoms with Crippen LogP contribution in [0.1, 0.15) is 24.7 Å². The smallest absolute Gasteiger partial charge is 0.282 e. The second-order valence-electron chi connectivity index (χ2n) is 5.77. The first-order chi connectivity index (χ1) is 11.2. The predicted octanol–water partition coefficient (Wildman–Crippen LogP) is 1.56. The first-order valence-corrected chi connectivity index (χ1v) is 8.73. The molecule has 0 radical (unpaired) electrons. The quantitative estimate of drug-likeness (QED) is 0.853. The second kappa shape index (κ2) is 5.84. The highest BCUT2D eigenvalue weighted by molar-refractivity contribution is 8.13. The number of hydrogen-bond donors (Lipinski definition) is 0. The van der Waals surface area contributed by atoms with Gasteiger partial charge in [-0.05, 0) is 25.0 Å². The molecule has 0 bridgehead atoms. The van der Waals surface area contributed by atoms with Crippen molar-refractivity contribution in [1.29, 1.82) is 0 Å². The van der Waals surface area contributed by atoms with Gasteiger partial charge in [0.05, 0.1) is 6.04 Å². The van der Waals surface area contributed by atoms with Crippen LogP contribution >= 0.6 is 11.8 Å². The third-order valence-corrected chi connectivity index (χ3v) is 5.27. The van der Waals surface area contributed by atoms with Crippen LogP contribution in [0.5, 0.6) is 0 Å². The number of likely N-dealkylation sites (tertiary alicyclic amines) is 1. The Morgan fingerprint density at radius 3 is 3.04 bits per heavy atom. The maximum atomic E-state index is 12.7. The molecule has 23 heavy (non-hydrogen) atoms. The highest BCUT2D eigenvalue weighted by Crippen LogP contribution is 2.31. The number of hydrogen-bond acceptors (Lipinski definition) is 5. The van der Waals surface area contributed by atoms with E-state index in [9.17, 15) is 9.59 Å². The third-order valence-electron chi connectivity index (χ3n) is 4.38. The number of carbonyl (C=O) groups excluding carboxylic acids is 2. The van der Waals surface area contributed by atoms with Crippen molar-refractivity contribution >= 4 is 28.6 Å². The average Bonchev–Trinajstić information content (AvgIpc) is 3.26. The Labute approximate surface area is 137 Å². The van der Waals surface area contributed by atoms with Crippen molar-refractivity contribution < 1.29 is 9.59 Å². The first-order valence-electron chi connectivity index (χ1n) is 7.75. The summed E-state index contributed by atoms with van der Waals surface area (Å²) in [6.07, 6.45) is 3.75. The SMILES string of the molecule is O=C1SCCN1CC(=O)N1CCC[C@H]1c1nnc2ccccn12. The number of thioether (sulfide) groups is 1. The number of amides is 2. The van der Waals surface area contributed by atoms with Gasteiger partial charge in [0.2, 0.25) is 5.91 Å². The summed E-state index contributed by atoms with van der Waals surface area (Å²) in [6.45, 7) is 1.53. The molecule has 0 aliphatic carbocycles. The lowest BCUT2D eigenvalue weighted by Gasteiger charge is -2.25. The Kier molecular flexibility index (Phi) is 3.68. The van der Waals surface area contributed by atoms with E-state index in [0.717, 1.165) is 30.1 Å². The summed E-state index contributed by atoms with van der Waals surface area (Å²) in [4.78, 5) is 27.8. The molecule has 0 unspecified atom stereocenters. The van der Waals surface area contributed by atoms with Gasteiger partial charge in [-0.25, -0.2) is 0 Å². The minimum Gasteiger partial charge on any atom is -0.331 e. The maximum absolute atomic E-state index is 12.7. The van der Waals surface area contributed by atoms with E-state index in [1.54, 1.807) is 4.90 Å². The monoisotopic (exact) mass is 331 g/mol. The van der Waals surface area contributed by atoms with Crippen molar-refractivity contribution in [1.82, 2.24) is 24.4 Å². The van der Waals surface area contributed by atoms with Gasteiger partial charge in [0.1, 0.15) is 6.54 Å². The van der Waals surface area contributed by atoms with E-state index in [-0.39, 0.29) is 23.7 Å². The van der Waals surface area contributed by atoms with Crippen molar-refractivity contribution in [3.8, 4) is 0 Å². The number of rotatable bonds is 3. The molecule has 2 amide bonds. The fourth-order valence-electron chi connectivity index (χ4n) is 3.24. The summed E-state index contributed by atoms with van der Waals surface area (Å²) in [5.41, 5.74) is 0.785. The van der Waals surface area contributed by atoms with E-state index in [2.05, 4.69) is 10.2 Å². The average molecular weight is 331 g/mol. The van der Waals surface area contributed by atoms with Gasteiger partial charge in [-0.15, -0.1) is 10.2 Å². The van der Waals surface area contributed by atoms with Crippen molar-refractivity contribution in [2.24, 2.45) is 0 Å². The molecule has 7 nitrogen and oxygen atoms in total. The van der Waals surface area contributed by atoms with E-state index in [1.807, 2.05) is 33.7 Å². The first kappa shape index (κ1) is 14.5. The van der Waals surface area contributed by atoms with Crippen molar-refractivity contribution in [2.45, 2.75) is 18.9 Å². The topological polar surface area (TPSA) is 70.8 Å². The fraction of sp³-hybridized carbons (Fsp3) is 0.467. The van der Waals surface area contributed by atoms with Gasteiger partial charge in [-0.3, -0.25) is 14.0 Å². The molecule has 120 valence electrons. The lowest BCUT2D eigenvalue weighted by atomic mass is 10.2. The Morgan fingerprint density at radius 1 is 1.30 bits per heavy atom. The van der Waals surface area contributed by atoms with Gasteiger partial charge < -0.3 is 9.80 Å². The lowest BCUT2D eigenvalue weighted by molar-refractivity contribution is -0.132. The number of pyridine rings is 1. The molecule has 1 atom stereocenters. The van der Waals surface area contributed by atoms with Crippen LogP contribution in [0, 0.1) is 0 Å². The third kappa shape index (κ3) is 2.56. The Bertz CT molecular complexity index is 761. The highest BCUT2D eigenvalue weighted by atomic mass is 32.2. The summed E-state index contributed by atoms with van der Waals surface area (Å²) >= 11 is 1.28. The molecule has 2 aliphatic rings. The zero-order valence-corrected chi connectivity index (χ0v) is 13.4. The van der Waals surface area contributed by atoms with E-state index in [1.165, 1.54) is 11.8 Å². The molecule has 0 spiro atoms. The van der Waals surface area contributed by atoms with Crippen LogP contribution in [0.15, 0.2) is 24.4 Å². The molecule has 2 aromatic heterocycles. The molecule has 8 heteroatoms. The molecule has 2 aromatic rings. The van der Waals surface area contributed by atoms with Gasteiger partial charge in [-0.2, -0.15) is 0 Å². The summed E-state index contributed by atoms with van der Waals surface area (Å²) in [6, 6.07) is 5.69. The number of aromatic nitrogens is 3. The predicted molar refractivity (Wildman–Crippen MR) is 86.1 cm³/mol. The number of carbonyl (C=O) groups is 2. The van der Waals surface area contributed by atoms with Crippen LogP contribution in [-0.4, -0.2) is 60.9 Å². The summed E-state index contributed by atoms with van der Waals surface area (Å²) in [7, 11) is 0. The zero-order chi connectivity index (χ0) is 15.8. The van der Waals surface area contributed by atoms with Crippen LogP contribution < -0.4 is 0 Å². The highest BCUT2D eigenvalue weighted by Gasteiger charge is 2.35. The zero-order valence-electron chi connectivity index (χ0n) is 12.6. The molecular formula is C15H17N5O2S. The normalized spacial score (nSPS) is 21.6. The summed E-state index contributed by atoms with van der Waals surface area (Å²) in [5, 5.41) is 8.47. The molecule has 2 aliphatic heterocycles. The van der Waals surface area contributed by atoms with Gasteiger partial charge in [0, 0.05) is 25.0 Å². The maximum Gasteiger partial charge on any atom is 0.282 e.